The van der Waals surface area contributed by atoms with Crippen molar-refractivity contribution in [3.8, 4) is 0 Å². The molecule has 0 aliphatic rings. The minimum absolute atomic E-state index is 0.0810. The molecule has 0 heterocycles. The highest BCUT2D eigenvalue weighted by atomic mass is 32.2. The fourth-order valence-corrected chi connectivity index (χ4v) is 2.96. The predicted molar refractivity (Wildman–Crippen MR) is 89.4 cm³/mol. The maximum Gasteiger partial charge on any atom is 0.239 e. The number of nitrogens with one attached hydrogen (secondary N) is 1. The van der Waals surface area contributed by atoms with E-state index in [0.717, 1.165) is 10.6 Å². The second kappa shape index (κ2) is 6.78. The van der Waals surface area contributed by atoms with Crippen LogP contribution in [-0.2, 0) is 4.79 Å². The molecule has 1 amide bonds. The first kappa shape index (κ1) is 15.6. The van der Waals surface area contributed by atoms with Gasteiger partial charge in [0.05, 0.1) is 0 Å². The topological polar surface area (TPSA) is 55.1 Å². The first-order chi connectivity index (χ1) is 9.97. The molecule has 4 heteroatoms. The summed E-state index contributed by atoms with van der Waals surface area (Å²) in [6.45, 7) is 3.75. The Kier molecular flexibility index (Phi) is 5.04. The monoisotopic (exact) mass is 300 g/mol. The zero-order chi connectivity index (χ0) is 15.3. The summed E-state index contributed by atoms with van der Waals surface area (Å²) in [5.74, 6) is -0.0810. The van der Waals surface area contributed by atoms with Crippen LogP contribution in [0.2, 0.25) is 0 Å². The van der Waals surface area contributed by atoms with Gasteiger partial charge < -0.3 is 11.1 Å². The van der Waals surface area contributed by atoms with Crippen LogP contribution in [-0.4, -0.2) is 16.7 Å². The van der Waals surface area contributed by atoms with Gasteiger partial charge in [-0.05, 0) is 38.1 Å². The third-order valence-electron chi connectivity index (χ3n) is 2.95. The minimum atomic E-state index is -0.626. The fourth-order valence-electron chi connectivity index (χ4n) is 1.91. The zero-order valence-corrected chi connectivity index (χ0v) is 13.1. The van der Waals surface area contributed by atoms with Gasteiger partial charge in [0.1, 0.15) is 5.25 Å². The highest BCUT2D eigenvalue weighted by Crippen LogP contribution is 2.30. The quantitative estimate of drug-likeness (QED) is 0.831. The Labute approximate surface area is 129 Å². The number of nitrogens with two attached hydrogens (primary N) is 1. The molecule has 1 atom stereocenters. The molecule has 0 aliphatic heterocycles. The van der Waals surface area contributed by atoms with Crippen molar-refractivity contribution in [2.24, 2.45) is 5.73 Å². The first-order valence-corrected chi connectivity index (χ1v) is 7.71. The second-order valence-electron chi connectivity index (χ2n) is 5.49. The van der Waals surface area contributed by atoms with Gasteiger partial charge in [0.15, 0.2) is 0 Å². The molecule has 0 radical (unpaired) electrons. The van der Waals surface area contributed by atoms with Crippen LogP contribution in [0.5, 0.6) is 0 Å². The number of carbonyl (C=O) groups is 1. The van der Waals surface area contributed by atoms with E-state index >= 15 is 0 Å². The van der Waals surface area contributed by atoms with E-state index in [2.05, 4.69) is 5.32 Å². The van der Waals surface area contributed by atoms with Crippen molar-refractivity contribution in [2.45, 2.75) is 29.5 Å². The molecular weight excluding hydrogens is 280 g/mol. The number of hydrogen-bond donors (Lipinski definition) is 2. The fraction of sp³-hybridized carbons (Fsp3) is 0.235. The van der Waals surface area contributed by atoms with Crippen molar-refractivity contribution in [3.63, 3.8) is 0 Å². The summed E-state index contributed by atoms with van der Waals surface area (Å²) in [6, 6.07) is 19.3. The molecule has 3 nitrogen and oxygen atoms in total. The molecule has 0 bridgehead atoms. The van der Waals surface area contributed by atoms with Crippen LogP contribution in [0.3, 0.4) is 0 Å². The van der Waals surface area contributed by atoms with Gasteiger partial charge in [-0.1, -0.05) is 36.4 Å². The van der Waals surface area contributed by atoms with Gasteiger partial charge in [0.25, 0.3) is 0 Å². The largest absolute Gasteiger partial charge is 0.325 e. The number of anilines is 1. The molecule has 110 valence electrons. The molecule has 3 N–H and O–H groups in total. The number of carbonyl (C=O) groups excluding carboxylic acids is 1. The molecule has 21 heavy (non-hydrogen) atoms. The van der Waals surface area contributed by atoms with Gasteiger partial charge in [-0.3, -0.25) is 4.79 Å². The maximum atomic E-state index is 12.6. The molecule has 2 aromatic rings. The molecule has 0 saturated heterocycles. The van der Waals surface area contributed by atoms with Crippen molar-refractivity contribution in [1.82, 2.24) is 0 Å². The van der Waals surface area contributed by atoms with Crippen molar-refractivity contribution in [1.29, 1.82) is 0 Å². The van der Waals surface area contributed by atoms with E-state index in [1.165, 1.54) is 11.8 Å². The lowest BCUT2D eigenvalue weighted by Crippen LogP contribution is -2.49. The van der Waals surface area contributed by atoms with Crippen LogP contribution >= 0.6 is 11.8 Å². The third kappa shape index (κ3) is 4.62. The van der Waals surface area contributed by atoms with Crippen LogP contribution in [0.25, 0.3) is 0 Å². The van der Waals surface area contributed by atoms with Gasteiger partial charge in [0, 0.05) is 16.1 Å². The van der Waals surface area contributed by atoms with Gasteiger partial charge >= 0.3 is 0 Å². The molecule has 0 fully saturated rings. The summed E-state index contributed by atoms with van der Waals surface area (Å²) in [5, 5.41) is 2.55. The average Bonchev–Trinajstić information content (AvgIpc) is 2.45. The highest BCUT2D eigenvalue weighted by Gasteiger charge is 2.32. The van der Waals surface area contributed by atoms with E-state index in [0.29, 0.717) is 0 Å². The Balaban J connectivity index is 2.15. The Bertz CT molecular complexity index is 579. The zero-order valence-electron chi connectivity index (χ0n) is 12.2. The lowest BCUT2D eigenvalue weighted by molar-refractivity contribution is -0.116. The number of hydrogen-bond acceptors (Lipinski definition) is 3. The van der Waals surface area contributed by atoms with Crippen LogP contribution < -0.4 is 11.1 Å². The Hall–Kier alpha value is -1.78. The number of rotatable bonds is 5. The van der Waals surface area contributed by atoms with Crippen molar-refractivity contribution in [2.75, 3.05) is 5.32 Å². The van der Waals surface area contributed by atoms with Crippen LogP contribution in [0.15, 0.2) is 65.6 Å². The van der Waals surface area contributed by atoms with Gasteiger partial charge in [0.2, 0.25) is 5.91 Å². The van der Waals surface area contributed by atoms with E-state index < -0.39 is 5.54 Å². The summed E-state index contributed by atoms with van der Waals surface area (Å²) in [4.78, 5) is 13.6. The predicted octanol–water partition coefficient (Wildman–Crippen LogP) is 3.52. The van der Waals surface area contributed by atoms with E-state index in [1.54, 1.807) is 0 Å². The molecule has 0 aliphatic carbocycles. The summed E-state index contributed by atoms with van der Waals surface area (Å²) < 4.78 is 0. The first-order valence-electron chi connectivity index (χ1n) is 6.83. The number of thioether (sulfide) groups is 1. The van der Waals surface area contributed by atoms with Gasteiger partial charge in [-0.2, -0.15) is 0 Å². The summed E-state index contributed by atoms with van der Waals surface area (Å²) in [6.07, 6.45) is 0. The molecule has 1 unspecified atom stereocenters. The van der Waals surface area contributed by atoms with Crippen molar-refractivity contribution >= 4 is 23.4 Å². The Morgan fingerprint density at radius 2 is 1.57 bits per heavy atom. The maximum absolute atomic E-state index is 12.6. The standard InChI is InChI=1S/C17H20N2OS/c1-17(2,18)15(21-14-11-7-4-8-12-14)16(20)19-13-9-5-3-6-10-13/h3-12,15H,18H2,1-2H3,(H,19,20). The van der Waals surface area contributed by atoms with Crippen LogP contribution in [0.1, 0.15) is 13.8 Å². The third-order valence-corrected chi connectivity index (χ3v) is 4.55. The van der Waals surface area contributed by atoms with Crippen LogP contribution in [0, 0.1) is 0 Å². The highest BCUT2D eigenvalue weighted by molar-refractivity contribution is 8.00. The Morgan fingerprint density at radius 3 is 2.10 bits per heavy atom. The van der Waals surface area contributed by atoms with E-state index in [4.69, 9.17) is 5.73 Å². The molecular formula is C17H20N2OS. The summed E-state index contributed by atoms with van der Waals surface area (Å²) in [7, 11) is 0. The second-order valence-corrected chi connectivity index (χ2v) is 6.67. The number of para-hydroxylation sites is 1. The minimum Gasteiger partial charge on any atom is -0.325 e. The molecule has 0 saturated carbocycles. The lowest BCUT2D eigenvalue weighted by atomic mass is 10.0. The van der Waals surface area contributed by atoms with Crippen LogP contribution in [0.4, 0.5) is 5.69 Å². The molecule has 0 spiro atoms. The summed E-state index contributed by atoms with van der Waals surface area (Å²) >= 11 is 1.49. The van der Waals surface area contributed by atoms with Crippen molar-refractivity contribution in [3.05, 3.63) is 60.7 Å². The SMILES string of the molecule is CC(C)(N)C(Sc1ccccc1)C(=O)Nc1ccccc1. The molecule has 2 rings (SSSR count). The van der Waals surface area contributed by atoms with E-state index in [-0.39, 0.29) is 11.2 Å². The lowest BCUT2D eigenvalue weighted by Gasteiger charge is -2.29. The van der Waals surface area contributed by atoms with E-state index in [9.17, 15) is 4.79 Å². The number of benzene rings is 2. The number of amides is 1. The van der Waals surface area contributed by atoms with Crippen molar-refractivity contribution < 1.29 is 4.79 Å². The normalized spacial score (nSPS) is 12.7. The molecule has 2 aromatic carbocycles. The Morgan fingerprint density at radius 1 is 1.05 bits per heavy atom. The smallest absolute Gasteiger partial charge is 0.239 e. The van der Waals surface area contributed by atoms with Gasteiger partial charge in [-0.15, -0.1) is 11.8 Å². The van der Waals surface area contributed by atoms with E-state index in [1.807, 2.05) is 74.5 Å². The molecule has 0 aromatic heterocycles. The average molecular weight is 300 g/mol. The van der Waals surface area contributed by atoms with Gasteiger partial charge in [-0.25, -0.2) is 0 Å². The summed E-state index contributed by atoms with van der Waals surface area (Å²) in [5.41, 5.74) is 6.36.